The second-order valence-electron chi connectivity index (χ2n) is 5.62. The number of hydrogen-bond acceptors (Lipinski definition) is 1. The summed E-state index contributed by atoms with van der Waals surface area (Å²) in [5.74, 6) is 2.28. The molecule has 1 aliphatic rings. The molecule has 1 heteroatoms. The molecule has 0 amide bonds. The van der Waals surface area contributed by atoms with Crippen LogP contribution in [-0.2, 0) is 0 Å². The summed E-state index contributed by atoms with van der Waals surface area (Å²) in [7, 11) is 0. The lowest BCUT2D eigenvalue weighted by Gasteiger charge is -2.43. The van der Waals surface area contributed by atoms with Gasteiger partial charge in [-0.1, -0.05) is 34.1 Å². The SMILES string of the molecule is CC(C)CC1(N)CC(C)CCC1C. The summed E-state index contributed by atoms with van der Waals surface area (Å²) in [5.41, 5.74) is 6.62. The summed E-state index contributed by atoms with van der Waals surface area (Å²) in [4.78, 5) is 0. The van der Waals surface area contributed by atoms with Crippen LogP contribution in [0.3, 0.4) is 0 Å². The van der Waals surface area contributed by atoms with Gasteiger partial charge in [0.05, 0.1) is 0 Å². The van der Waals surface area contributed by atoms with Crippen molar-refractivity contribution in [1.82, 2.24) is 0 Å². The van der Waals surface area contributed by atoms with Crippen LogP contribution in [-0.4, -0.2) is 5.54 Å². The van der Waals surface area contributed by atoms with Crippen LogP contribution in [0, 0.1) is 17.8 Å². The minimum absolute atomic E-state index is 0.131. The molecule has 1 fully saturated rings. The Bertz CT molecular complexity index is 161. The quantitative estimate of drug-likeness (QED) is 0.699. The fourth-order valence-electron chi connectivity index (χ4n) is 2.82. The Morgan fingerprint density at radius 3 is 2.46 bits per heavy atom. The molecule has 0 bridgehead atoms. The molecule has 0 aromatic heterocycles. The summed E-state index contributed by atoms with van der Waals surface area (Å²) in [6.45, 7) is 9.23. The lowest BCUT2D eigenvalue weighted by Crippen LogP contribution is -2.50. The van der Waals surface area contributed by atoms with Gasteiger partial charge in [-0.05, 0) is 37.0 Å². The number of hydrogen-bond donors (Lipinski definition) is 1. The first-order valence-electron chi connectivity index (χ1n) is 5.73. The molecule has 0 saturated heterocycles. The minimum atomic E-state index is 0.131. The van der Waals surface area contributed by atoms with Crippen LogP contribution in [0.5, 0.6) is 0 Å². The largest absolute Gasteiger partial charge is 0.325 e. The Morgan fingerprint density at radius 2 is 1.92 bits per heavy atom. The molecule has 1 rings (SSSR count). The average Bonchev–Trinajstić information content (AvgIpc) is 1.95. The van der Waals surface area contributed by atoms with E-state index in [-0.39, 0.29) is 5.54 Å². The minimum Gasteiger partial charge on any atom is -0.325 e. The van der Waals surface area contributed by atoms with E-state index in [1.807, 2.05) is 0 Å². The Kier molecular flexibility index (Phi) is 3.39. The van der Waals surface area contributed by atoms with Crippen LogP contribution in [0.1, 0.15) is 53.4 Å². The van der Waals surface area contributed by atoms with Crippen LogP contribution in [0.2, 0.25) is 0 Å². The van der Waals surface area contributed by atoms with E-state index >= 15 is 0 Å². The van der Waals surface area contributed by atoms with Crippen molar-refractivity contribution in [2.24, 2.45) is 23.5 Å². The third-order valence-electron chi connectivity index (χ3n) is 3.59. The maximum Gasteiger partial charge on any atom is 0.0185 e. The zero-order valence-corrected chi connectivity index (χ0v) is 9.64. The third kappa shape index (κ3) is 2.70. The van der Waals surface area contributed by atoms with Gasteiger partial charge in [0.1, 0.15) is 0 Å². The number of rotatable bonds is 2. The molecule has 13 heavy (non-hydrogen) atoms. The molecule has 0 heterocycles. The van der Waals surface area contributed by atoms with Crippen LogP contribution < -0.4 is 5.73 Å². The molecule has 78 valence electrons. The van der Waals surface area contributed by atoms with Gasteiger partial charge < -0.3 is 5.73 Å². The molecule has 1 nitrogen and oxygen atoms in total. The molecule has 1 aliphatic carbocycles. The third-order valence-corrected chi connectivity index (χ3v) is 3.59. The smallest absolute Gasteiger partial charge is 0.0185 e. The van der Waals surface area contributed by atoms with E-state index in [2.05, 4.69) is 27.7 Å². The predicted molar refractivity (Wildman–Crippen MR) is 58.6 cm³/mol. The predicted octanol–water partition coefficient (Wildman–Crippen LogP) is 3.19. The Morgan fingerprint density at radius 1 is 1.31 bits per heavy atom. The monoisotopic (exact) mass is 183 g/mol. The van der Waals surface area contributed by atoms with Crippen molar-refractivity contribution in [1.29, 1.82) is 0 Å². The van der Waals surface area contributed by atoms with Crippen molar-refractivity contribution in [2.75, 3.05) is 0 Å². The first kappa shape index (κ1) is 11.0. The average molecular weight is 183 g/mol. The highest BCUT2D eigenvalue weighted by molar-refractivity contribution is 4.94. The highest BCUT2D eigenvalue weighted by Gasteiger charge is 2.37. The fraction of sp³-hybridized carbons (Fsp3) is 1.00. The van der Waals surface area contributed by atoms with Crippen LogP contribution in [0.25, 0.3) is 0 Å². The summed E-state index contributed by atoms with van der Waals surface area (Å²) >= 11 is 0. The Labute approximate surface area is 83.1 Å². The fourth-order valence-corrected chi connectivity index (χ4v) is 2.82. The molecule has 1 saturated carbocycles. The molecule has 3 unspecified atom stereocenters. The van der Waals surface area contributed by atoms with Gasteiger partial charge in [0.25, 0.3) is 0 Å². The highest BCUT2D eigenvalue weighted by atomic mass is 14.8. The molecular weight excluding hydrogens is 158 g/mol. The zero-order chi connectivity index (χ0) is 10.1. The van der Waals surface area contributed by atoms with E-state index in [1.165, 1.54) is 25.7 Å². The van der Waals surface area contributed by atoms with Gasteiger partial charge in [0, 0.05) is 5.54 Å². The molecule has 0 spiro atoms. The lowest BCUT2D eigenvalue weighted by atomic mass is 9.67. The van der Waals surface area contributed by atoms with E-state index in [4.69, 9.17) is 5.73 Å². The molecule has 0 radical (unpaired) electrons. The summed E-state index contributed by atoms with van der Waals surface area (Å²) in [6.07, 6.45) is 5.12. The van der Waals surface area contributed by atoms with Crippen LogP contribution in [0.15, 0.2) is 0 Å². The van der Waals surface area contributed by atoms with Crippen molar-refractivity contribution < 1.29 is 0 Å². The zero-order valence-electron chi connectivity index (χ0n) is 9.64. The Balaban J connectivity index is 2.61. The second kappa shape index (κ2) is 4.00. The topological polar surface area (TPSA) is 26.0 Å². The first-order valence-corrected chi connectivity index (χ1v) is 5.73. The standard InChI is InChI=1S/C12H25N/c1-9(2)7-12(13)8-10(3)5-6-11(12)4/h9-11H,5-8,13H2,1-4H3. The van der Waals surface area contributed by atoms with E-state index in [9.17, 15) is 0 Å². The normalized spacial score (nSPS) is 41.1. The molecule has 3 atom stereocenters. The van der Waals surface area contributed by atoms with Crippen LogP contribution >= 0.6 is 0 Å². The van der Waals surface area contributed by atoms with E-state index in [1.54, 1.807) is 0 Å². The number of nitrogens with two attached hydrogens (primary N) is 1. The Hall–Kier alpha value is -0.0400. The van der Waals surface area contributed by atoms with Gasteiger partial charge >= 0.3 is 0 Å². The summed E-state index contributed by atoms with van der Waals surface area (Å²) in [6, 6.07) is 0. The van der Waals surface area contributed by atoms with Crippen molar-refractivity contribution in [3.63, 3.8) is 0 Å². The lowest BCUT2D eigenvalue weighted by molar-refractivity contribution is 0.137. The van der Waals surface area contributed by atoms with E-state index in [0.717, 1.165) is 11.8 Å². The molecule has 0 aromatic carbocycles. The molecule has 2 N–H and O–H groups in total. The maximum atomic E-state index is 6.49. The van der Waals surface area contributed by atoms with Gasteiger partial charge in [0.2, 0.25) is 0 Å². The van der Waals surface area contributed by atoms with Gasteiger partial charge in [0.15, 0.2) is 0 Å². The van der Waals surface area contributed by atoms with Crippen molar-refractivity contribution in [3.8, 4) is 0 Å². The molecular formula is C12H25N. The first-order chi connectivity index (χ1) is 5.94. The van der Waals surface area contributed by atoms with E-state index in [0.29, 0.717) is 5.92 Å². The van der Waals surface area contributed by atoms with Crippen molar-refractivity contribution in [2.45, 2.75) is 58.9 Å². The maximum absolute atomic E-state index is 6.49. The van der Waals surface area contributed by atoms with Gasteiger partial charge in [-0.25, -0.2) is 0 Å². The van der Waals surface area contributed by atoms with Gasteiger partial charge in [-0.15, -0.1) is 0 Å². The molecule has 0 aliphatic heterocycles. The summed E-state index contributed by atoms with van der Waals surface area (Å²) < 4.78 is 0. The van der Waals surface area contributed by atoms with Crippen molar-refractivity contribution >= 4 is 0 Å². The highest BCUT2D eigenvalue weighted by Crippen LogP contribution is 2.38. The molecule has 0 aromatic rings. The van der Waals surface area contributed by atoms with Gasteiger partial charge in [-0.3, -0.25) is 0 Å². The van der Waals surface area contributed by atoms with Crippen LogP contribution in [0.4, 0.5) is 0 Å². The second-order valence-corrected chi connectivity index (χ2v) is 5.62. The summed E-state index contributed by atoms with van der Waals surface area (Å²) in [5, 5.41) is 0. The van der Waals surface area contributed by atoms with E-state index < -0.39 is 0 Å². The van der Waals surface area contributed by atoms with Gasteiger partial charge in [-0.2, -0.15) is 0 Å². The van der Waals surface area contributed by atoms with Crippen molar-refractivity contribution in [3.05, 3.63) is 0 Å².